The maximum atomic E-state index is 9.91. The lowest BCUT2D eigenvalue weighted by Crippen LogP contribution is -2.32. The minimum Gasteiger partial charge on any atom is -0.491 e. The summed E-state index contributed by atoms with van der Waals surface area (Å²) in [6.45, 7) is 4.72. The fourth-order valence-corrected chi connectivity index (χ4v) is 1.91. The van der Waals surface area contributed by atoms with Crippen LogP contribution in [-0.2, 0) is 0 Å². The van der Waals surface area contributed by atoms with Crippen molar-refractivity contribution in [1.29, 1.82) is 0 Å². The number of furan rings is 1. The Hall–Kier alpha value is -1.78. The Morgan fingerprint density at radius 2 is 2.15 bits per heavy atom. The summed E-state index contributed by atoms with van der Waals surface area (Å²) in [4.78, 5) is 0. The summed E-state index contributed by atoms with van der Waals surface area (Å²) in [6, 6.07) is 11.6. The van der Waals surface area contributed by atoms with E-state index < -0.39 is 6.10 Å². The van der Waals surface area contributed by atoms with Crippen molar-refractivity contribution < 1.29 is 14.3 Å². The molecule has 4 nitrogen and oxygen atoms in total. The molecule has 0 fully saturated rings. The monoisotopic (exact) mass is 275 g/mol. The van der Waals surface area contributed by atoms with Gasteiger partial charge in [0, 0.05) is 6.54 Å². The molecule has 2 N–H and O–H groups in total. The molecule has 2 atom stereocenters. The smallest absolute Gasteiger partial charge is 0.120 e. The number of benzene rings is 1. The summed E-state index contributed by atoms with van der Waals surface area (Å²) in [7, 11) is 0. The number of aliphatic hydroxyl groups is 1. The van der Waals surface area contributed by atoms with Crippen LogP contribution in [0.25, 0.3) is 0 Å². The van der Waals surface area contributed by atoms with Crippen molar-refractivity contribution in [2.24, 2.45) is 0 Å². The van der Waals surface area contributed by atoms with Crippen molar-refractivity contribution in [3.63, 3.8) is 0 Å². The zero-order valence-electron chi connectivity index (χ0n) is 11.9. The Labute approximate surface area is 119 Å². The highest BCUT2D eigenvalue weighted by Crippen LogP contribution is 2.13. The van der Waals surface area contributed by atoms with Crippen LogP contribution in [0.3, 0.4) is 0 Å². The minimum atomic E-state index is -0.562. The molecule has 0 amide bonds. The van der Waals surface area contributed by atoms with Crippen molar-refractivity contribution in [3.8, 4) is 5.75 Å². The molecule has 0 saturated carbocycles. The van der Waals surface area contributed by atoms with E-state index in [1.165, 1.54) is 0 Å². The Morgan fingerprint density at radius 1 is 1.30 bits per heavy atom. The van der Waals surface area contributed by atoms with E-state index in [0.29, 0.717) is 6.54 Å². The van der Waals surface area contributed by atoms with Gasteiger partial charge in [0.05, 0.1) is 12.3 Å². The number of aliphatic hydroxyl groups excluding tert-OH is 1. The quantitative estimate of drug-likeness (QED) is 0.815. The molecule has 0 aliphatic heterocycles. The van der Waals surface area contributed by atoms with E-state index in [1.54, 1.807) is 6.26 Å². The second-order valence-corrected chi connectivity index (χ2v) is 4.93. The Balaban J connectivity index is 1.71. The molecule has 1 unspecified atom stereocenters. The van der Waals surface area contributed by atoms with Gasteiger partial charge >= 0.3 is 0 Å². The molecule has 2 aromatic rings. The van der Waals surface area contributed by atoms with Gasteiger partial charge in [0.1, 0.15) is 24.2 Å². The summed E-state index contributed by atoms with van der Waals surface area (Å²) in [5, 5.41) is 13.1. The molecule has 2 rings (SSSR count). The van der Waals surface area contributed by atoms with Gasteiger partial charge in [-0.05, 0) is 43.7 Å². The first-order chi connectivity index (χ1) is 9.65. The average Bonchev–Trinajstić information content (AvgIpc) is 2.97. The van der Waals surface area contributed by atoms with Crippen LogP contribution in [0, 0.1) is 6.92 Å². The molecule has 1 heterocycles. The lowest BCUT2D eigenvalue weighted by molar-refractivity contribution is 0.103. The molecule has 0 bridgehead atoms. The minimum absolute atomic E-state index is 0.0682. The third-order valence-electron chi connectivity index (χ3n) is 3.06. The highest BCUT2D eigenvalue weighted by Gasteiger charge is 2.11. The van der Waals surface area contributed by atoms with Crippen LogP contribution in [0.1, 0.15) is 24.3 Å². The van der Waals surface area contributed by atoms with Crippen LogP contribution in [0.4, 0.5) is 0 Å². The van der Waals surface area contributed by atoms with Gasteiger partial charge in [-0.15, -0.1) is 0 Å². The molecule has 0 spiro atoms. The van der Waals surface area contributed by atoms with Crippen LogP contribution in [0.2, 0.25) is 0 Å². The van der Waals surface area contributed by atoms with Gasteiger partial charge in [-0.3, -0.25) is 0 Å². The standard InChI is InChI=1S/C16H21NO3/c1-12-5-3-6-15(9-12)20-11-14(18)10-17-13(2)16-7-4-8-19-16/h3-9,13-14,17-18H,10-11H2,1-2H3/t13-,14?/m1/s1. The SMILES string of the molecule is Cc1cccc(OCC(O)CN[C@H](C)c2ccco2)c1. The third-order valence-corrected chi connectivity index (χ3v) is 3.06. The fourth-order valence-electron chi connectivity index (χ4n) is 1.91. The molecule has 0 saturated heterocycles. The first-order valence-corrected chi connectivity index (χ1v) is 6.79. The zero-order chi connectivity index (χ0) is 14.4. The molecule has 0 aliphatic carbocycles. The lowest BCUT2D eigenvalue weighted by Gasteiger charge is -2.16. The fraction of sp³-hybridized carbons (Fsp3) is 0.375. The Morgan fingerprint density at radius 3 is 2.85 bits per heavy atom. The van der Waals surface area contributed by atoms with Gasteiger partial charge in [-0.25, -0.2) is 0 Å². The third kappa shape index (κ3) is 4.40. The number of ether oxygens (including phenoxy) is 1. The van der Waals surface area contributed by atoms with Crippen LogP contribution in [-0.4, -0.2) is 24.4 Å². The summed E-state index contributed by atoms with van der Waals surface area (Å²) >= 11 is 0. The molecule has 4 heteroatoms. The van der Waals surface area contributed by atoms with Gasteiger partial charge in [0.25, 0.3) is 0 Å². The maximum absolute atomic E-state index is 9.91. The average molecular weight is 275 g/mol. The molecule has 20 heavy (non-hydrogen) atoms. The maximum Gasteiger partial charge on any atom is 0.120 e. The van der Waals surface area contributed by atoms with E-state index in [2.05, 4.69) is 5.32 Å². The highest BCUT2D eigenvalue weighted by molar-refractivity contribution is 5.27. The van der Waals surface area contributed by atoms with Crippen LogP contribution >= 0.6 is 0 Å². The van der Waals surface area contributed by atoms with E-state index in [4.69, 9.17) is 9.15 Å². The van der Waals surface area contributed by atoms with Crippen molar-refractivity contribution in [1.82, 2.24) is 5.32 Å². The molecule has 108 valence electrons. The molecule has 1 aromatic carbocycles. The van der Waals surface area contributed by atoms with Crippen LogP contribution in [0.15, 0.2) is 47.1 Å². The van der Waals surface area contributed by atoms with Crippen molar-refractivity contribution in [2.75, 3.05) is 13.2 Å². The first-order valence-electron chi connectivity index (χ1n) is 6.79. The van der Waals surface area contributed by atoms with E-state index >= 15 is 0 Å². The molecular weight excluding hydrogens is 254 g/mol. The summed E-state index contributed by atoms with van der Waals surface area (Å²) in [6.07, 6.45) is 1.08. The molecule has 0 aliphatic rings. The number of hydrogen-bond donors (Lipinski definition) is 2. The predicted molar refractivity (Wildman–Crippen MR) is 77.8 cm³/mol. The first kappa shape index (κ1) is 14.6. The van der Waals surface area contributed by atoms with Crippen molar-refractivity contribution in [2.45, 2.75) is 26.0 Å². The van der Waals surface area contributed by atoms with Crippen molar-refractivity contribution >= 4 is 0 Å². The van der Waals surface area contributed by atoms with Gasteiger partial charge in [-0.2, -0.15) is 0 Å². The zero-order valence-corrected chi connectivity index (χ0v) is 11.9. The number of hydrogen-bond acceptors (Lipinski definition) is 4. The topological polar surface area (TPSA) is 54.6 Å². The van der Waals surface area contributed by atoms with E-state index in [9.17, 15) is 5.11 Å². The summed E-state index contributed by atoms with van der Waals surface area (Å²) in [5.41, 5.74) is 1.14. The van der Waals surface area contributed by atoms with Gasteiger partial charge in [0.15, 0.2) is 0 Å². The largest absolute Gasteiger partial charge is 0.491 e. The molecule has 1 aromatic heterocycles. The molecule has 0 radical (unpaired) electrons. The highest BCUT2D eigenvalue weighted by atomic mass is 16.5. The van der Waals surface area contributed by atoms with Gasteiger partial charge in [-0.1, -0.05) is 12.1 Å². The van der Waals surface area contributed by atoms with Crippen LogP contribution in [0.5, 0.6) is 5.75 Å². The molecular formula is C16H21NO3. The number of rotatable bonds is 7. The van der Waals surface area contributed by atoms with E-state index in [-0.39, 0.29) is 12.6 Å². The van der Waals surface area contributed by atoms with Crippen LogP contribution < -0.4 is 10.1 Å². The van der Waals surface area contributed by atoms with E-state index in [0.717, 1.165) is 17.1 Å². The lowest BCUT2D eigenvalue weighted by atomic mass is 10.2. The number of aryl methyl sites for hydroxylation is 1. The Kier molecular flexibility index (Phi) is 5.21. The van der Waals surface area contributed by atoms with Gasteiger partial charge < -0.3 is 19.6 Å². The predicted octanol–water partition coefficient (Wildman–Crippen LogP) is 2.68. The second-order valence-electron chi connectivity index (χ2n) is 4.93. The second kappa shape index (κ2) is 7.12. The van der Waals surface area contributed by atoms with E-state index in [1.807, 2.05) is 50.2 Å². The summed E-state index contributed by atoms with van der Waals surface area (Å²) in [5.74, 6) is 1.64. The van der Waals surface area contributed by atoms with Crippen molar-refractivity contribution in [3.05, 3.63) is 54.0 Å². The number of nitrogens with one attached hydrogen (secondary N) is 1. The van der Waals surface area contributed by atoms with Gasteiger partial charge in [0.2, 0.25) is 0 Å². The normalized spacial score (nSPS) is 13.9. The Bertz CT molecular complexity index is 510. The summed E-state index contributed by atoms with van der Waals surface area (Å²) < 4.78 is 10.9.